The number of halogens is 1. The molecule has 8 heteroatoms. The van der Waals surface area contributed by atoms with Crippen molar-refractivity contribution in [1.29, 1.82) is 0 Å². The molecule has 0 aliphatic heterocycles. The second kappa shape index (κ2) is 10.4. The number of hydrogen-bond donors (Lipinski definition) is 2. The fourth-order valence-electron chi connectivity index (χ4n) is 2.12. The maximum Gasteiger partial charge on any atom is 0.325 e. The number of Topliss-reactive ketones (excluding diaryl/α,β-unsaturated/α-hetero) is 1. The maximum atomic E-state index is 11.9. The van der Waals surface area contributed by atoms with Crippen LogP contribution < -0.4 is 10.6 Å². The summed E-state index contributed by atoms with van der Waals surface area (Å²) in [4.78, 5) is 47.2. The summed E-state index contributed by atoms with van der Waals surface area (Å²) in [5, 5.41) is 4.77. The second-order valence-corrected chi connectivity index (χ2v) is 6.83. The fraction of sp³-hybridized carbons (Fsp3) is 0.200. The molecule has 0 aliphatic rings. The molecule has 7 nitrogen and oxygen atoms in total. The maximum absolute atomic E-state index is 11.9. The van der Waals surface area contributed by atoms with Crippen molar-refractivity contribution in [2.75, 3.05) is 19.7 Å². The normalized spacial score (nSPS) is 10.1. The predicted octanol–water partition coefficient (Wildman–Crippen LogP) is 2.03. The van der Waals surface area contributed by atoms with Crippen LogP contribution in [0.25, 0.3) is 0 Å². The molecule has 0 aromatic heterocycles. The highest BCUT2D eigenvalue weighted by Gasteiger charge is 2.12. The number of ether oxygens (including phenoxy) is 1. The zero-order valence-corrected chi connectivity index (χ0v) is 16.7. The number of carbonyl (C=O) groups excluding carboxylic acids is 4. The van der Waals surface area contributed by atoms with Crippen LogP contribution in [-0.4, -0.2) is 43.3 Å². The Morgan fingerprint density at radius 1 is 0.857 bits per heavy atom. The van der Waals surface area contributed by atoms with Gasteiger partial charge in [0.15, 0.2) is 12.4 Å². The number of carbonyl (C=O) groups is 4. The Balaban J connectivity index is 1.67. The van der Waals surface area contributed by atoms with Crippen molar-refractivity contribution in [1.82, 2.24) is 10.6 Å². The molecular weight excluding hydrogens is 428 g/mol. The van der Waals surface area contributed by atoms with Crippen molar-refractivity contribution in [3.8, 4) is 0 Å². The number of rotatable bonds is 8. The van der Waals surface area contributed by atoms with E-state index in [4.69, 9.17) is 4.74 Å². The first-order valence-electron chi connectivity index (χ1n) is 8.41. The van der Waals surface area contributed by atoms with Crippen LogP contribution in [0.15, 0.2) is 53.0 Å². The minimum atomic E-state index is -0.743. The quantitative estimate of drug-likeness (QED) is 0.477. The van der Waals surface area contributed by atoms with Gasteiger partial charge in [0.1, 0.15) is 6.54 Å². The largest absolute Gasteiger partial charge is 0.456 e. The highest BCUT2D eigenvalue weighted by molar-refractivity contribution is 9.10. The summed E-state index contributed by atoms with van der Waals surface area (Å²) in [7, 11) is 0. The van der Waals surface area contributed by atoms with Crippen molar-refractivity contribution >= 4 is 39.5 Å². The van der Waals surface area contributed by atoms with Crippen LogP contribution in [0.2, 0.25) is 0 Å². The highest BCUT2D eigenvalue weighted by Crippen LogP contribution is 2.10. The van der Waals surface area contributed by atoms with Crippen LogP contribution in [0.5, 0.6) is 0 Å². The summed E-state index contributed by atoms with van der Waals surface area (Å²) in [5.41, 5.74) is 1.87. The van der Waals surface area contributed by atoms with Gasteiger partial charge in [-0.05, 0) is 31.2 Å². The van der Waals surface area contributed by atoms with Gasteiger partial charge in [0.05, 0.1) is 6.54 Å². The predicted molar refractivity (Wildman–Crippen MR) is 106 cm³/mol. The number of hydrogen-bond acceptors (Lipinski definition) is 5. The Labute approximate surface area is 170 Å². The van der Waals surface area contributed by atoms with Crippen molar-refractivity contribution in [3.05, 3.63) is 69.7 Å². The van der Waals surface area contributed by atoms with E-state index in [1.54, 1.807) is 48.5 Å². The molecule has 146 valence electrons. The summed E-state index contributed by atoms with van der Waals surface area (Å²) in [5.74, 6) is -2.03. The molecule has 2 amide bonds. The number of esters is 1. The number of aryl methyl sites for hydroxylation is 1. The average molecular weight is 447 g/mol. The fourth-order valence-corrected chi connectivity index (χ4v) is 2.38. The zero-order chi connectivity index (χ0) is 20.5. The molecule has 0 radical (unpaired) electrons. The highest BCUT2D eigenvalue weighted by atomic mass is 79.9. The van der Waals surface area contributed by atoms with Gasteiger partial charge in [0.25, 0.3) is 5.91 Å². The Morgan fingerprint density at radius 2 is 1.46 bits per heavy atom. The van der Waals surface area contributed by atoms with Crippen molar-refractivity contribution in [2.45, 2.75) is 6.92 Å². The lowest BCUT2D eigenvalue weighted by Gasteiger charge is -2.08. The van der Waals surface area contributed by atoms with Gasteiger partial charge in [0, 0.05) is 15.6 Å². The Kier molecular flexibility index (Phi) is 7.88. The van der Waals surface area contributed by atoms with E-state index >= 15 is 0 Å². The Morgan fingerprint density at radius 3 is 2.11 bits per heavy atom. The lowest BCUT2D eigenvalue weighted by Crippen LogP contribution is -2.39. The third-order valence-electron chi connectivity index (χ3n) is 3.68. The van der Waals surface area contributed by atoms with Crippen molar-refractivity contribution < 1.29 is 23.9 Å². The van der Waals surface area contributed by atoms with E-state index in [0.717, 1.165) is 10.0 Å². The molecular formula is C20H19BrN2O5. The lowest BCUT2D eigenvalue weighted by atomic mass is 10.1. The van der Waals surface area contributed by atoms with Crippen molar-refractivity contribution in [3.63, 3.8) is 0 Å². The standard InChI is InChI=1S/C20H19BrN2O5/c1-13-2-4-14(5-3-13)17(24)12-28-19(26)11-22-18(25)10-23-20(27)15-6-8-16(21)9-7-15/h2-9H,10-12H2,1H3,(H,22,25)(H,23,27). The summed E-state index contributed by atoms with van der Waals surface area (Å²) in [6, 6.07) is 13.5. The van der Waals surface area contributed by atoms with E-state index in [1.165, 1.54) is 0 Å². The molecule has 2 aromatic rings. The van der Waals surface area contributed by atoms with Gasteiger partial charge in [-0.1, -0.05) is 45.8 Å². The van der Waals surface area contributed by atoms with Crippen LogP contribution in [0.3, 0.4) is 0 Å². The second-order valence-electron chi connectivity index (χ2n) is 5.92. The summed E-state index contributed by atoms with van der Waals surface area (Å²) >= 11 is 3.27. The molecule has 0 atom stereocenters. The summed E-state index contributed by atoms with van der Waals surface area (Å²) in [6.45, 7) is 0.814. The molecule has 0 fully saturated rings. The van der Waals surface area contributed by atoms with Gasteiger partial charge in [-0.25, -0.2) is 0 Å². The molecule has 0 saturated carbocycles. The van der Waals surface area contributed by atoms with Gasteiger partial charge in [-0.15, -0.1) is 0 Å². The third-order valence-corrected chi connectivity index (χ3v) is 4.21. The molecule has 2 rings (SSSR count). The molecule has 0 bridgehead atoms. The van der Waals surface area contributed by atoms with E-state index in [-0.39, 0.29) is 12.3 Å². The molecule has 0 aliphatic carbocycles. The van der Waals surface area contributed by atoms with Crippen LogP contribution in [-0.2, 0) is 14.3 Å². The van der Waals surface area contributed by atoms with Crippen molar-refractivity contribution in [2.24, 2.45) is 0 Å². The van der Waals surface area contributed by atoms with Crippen LogP contribution in [0, 0.1) is 6.92 Å². The number of amides is 2. The van der Waals surface area contributed by atoms with E-state index < -0.39 is 30.9 Å². The summed E-state index contributed by atoms with van der Waals surface area (Å²) in [6.07, 6.45) is 0. The molecule has 0 unspecified atom stereocenters. The number of benzene rings is 2. The van der Waals surface area contributed by atoms with Gasteiger partial charge in [0.2, 0.25) is 5.91 Å². The number of ketones is 1. The van der Waals surface area contributed by atoms with Crippen LogP contribution >= 0.6 is 15.9 Å². The molecule has 0 heterocycles. The molecule has 2 N–H and O–H groups in total. The molecule has 0 spiro atoms. The number of nitrogens with one attached hydrogen (secondary N) is 2. The van der Waals surface area contributed by atoms with E-state index in [0.29, 0.717) is 11.1 Å². The van der Waals surface area contributed by atoms with E-state index in [1.807, 2.05) is 6.92 Å². The topological polar surface area (TPSA) is 102 Å². The third kappa shape index (κ3) is 6.96. The molecule has 2 aromatic carbocycles. The first-order chi connectivity index (χ1) is 13.3. The zero-order valence-electron chi connectivity index (χ0n) is 15.2. The smallest absolute Gasteiger partial charge is 0.325 e. The van der Waals surface area contributed by atoms with E-state index in [2.05, 4.69) is 26.6 Å². The first kappa shape index (κ1) is 21.3. The van der Waals surface area contributed by atoms with E-state index in [9.17, 15) is 19.2 Å². The van der Waals surface area contributed by atoms with Gasteiger partial charge in [-0.3, -0.25) is 19.2 Å². The monoisotopic (exact) mass is 446 g/mol. The van der Waals surface area contributed by atoms with Gasteiger partial charge >= 0.3 is 5.97 Å². The van der Waals surface area contributed by atoms with Crippen LogP contribution in [0.1, 0.15) is 26.3 Å². The summed E-state index contributed by atoms with van der Waals surface area (Å²) < 4.78 is 5.68. The molecule has 28 heavy (non-hydrogen) atoms. The lowest BCUT2D eigenvalue weighted by molar-refractivity contribution is -0.142. The van der Waals surface area contributed by atoms with Gasteiger partial charge < -0.3 is 15.4 Å². The Bertz CT molecular complexity index is 790. The minimum Gasteiger partial charge on any atom is -0.456 e. The minimum absolute atomic E-state index is 0.287. The average Bonchev–Trinajstić information content (AvgIpc) is 2.69. The Hall–Kier alpha value is -3.00. The first-order valence-corrected chi connectivity index (χ1v) is 9.20. The van der Waals surface area contributed by atoms with Gasteiger partial charge in [-0.2, -0.15) is 0 Å². The SMILES string of the molecule is Cc1ccc(C(=O)COC(=O)CNC(=O)CNC(=O)c2ccc(Br)cc2)cc1. The van der Waals surface area contributed by atoms with Crippen LogP contribution in [0.4, 0.5) is 0 Å². The molecule has 0 saturated heterocycles.